The maximum Gasteiger partial charge on any atom is 0.225 e. The molecule has 0 aromatic carbocycles. The Labute approximate surface area is 97.2 Å². The summed E-state index contributed by atoms with van der Waals surface area (Å²) in [6.07, 6.45) is 6.17. The maximum atomic E-state index is 4.38. The zero-order chi connectivity index (χ0) is 10.3. The van der Waals surface area contributed by atoms with Gasteiger partial charge in [0.25, 0.3) is 0 Å². The Bertz CT molecular complexity index is 337. The third-order valence-electron chi connectivity index (χ3n) is 3.22. The second kappa shape index (κ2) is 3.72. The third-order valence-corrected chi connectivity index (χ3v) is 3.63. The van der Waals surface area contributed by atoms with Crippen LogP contribution in [0.5, 0.6) is 0 Å². The van der Waals surface area contributed by atoms with E-state index in [9.17, 15) is 0 Å². The van der Waals surface area contributed by atoms with Gasteiger partial charge in [-0.25, -0.2) is 9.97 Å². The van der Waals surface area contributed by atoms with Crippen molar-refractivity contribution < 1.29 is 0 Å². The lowest BCUT2D eigenvalue weighted by molar-refractivity contribution is 0.477. The first-order valence-corrected chi connectivity index (χ1v) is 6.10. The molecule has 15 heavy (non-hydrogen) atoms. The van der Waals surface area contributed by atoms with Gasteiger partial charge in [0.05, 0.1) is 4.47 Å². The van der Waals surface area contributed by atoms with Crippen molar-refractivity contribution in [3.05, 3.63) is 16.9 Å². The zero-order valence-electron chi connectivity index (χ0n) is 8.36. The first-order valence-electron chi connectivity index (χ1n) is 5.31. The minimum Gasteiger partial charge on any atom is -0.332 e. The average Bonchev–Trinajstić information content (AvgIpc) is 2.51. The van der Waals surface area contributed by atoms with Crippen LogP contribution in [-0.4, -0.2) is 35.1 Å². The van der Waals surface area contributed by atoms with Crippen molar-refractivity contribution >= 4 is 21.9 Å². The van der Waals surface area contributed by atoms with Crippen LogP contribution in [0.1, 0.15) is 12.8 Å². The number of aromatic nitrogens is 2. The summed E-state index contributed by atoms with van der Waals surface area (Å²) in [5.41, 5.74) is 0. The van der Waals surface area contributed by atoms with Crippen LogP contribution in [-0.2, 0) is 0 Å². The predicted octanol–water partition coefficient (Wildman–Crippen LogP) is 1.18. The molecule has 1 N–H and O–H groups in total. The van der Waals surface area contributed by atoms with Crippen molar-refractivity contribution in [3.63, 3.8) is 0 Å². The molecule has 2 saturated heterocycles. The highest BCUT2D eigenvalue weighted by molar-refractivity contribution is 9.10. The molecule has 5 heteroatoms. The number of anilines is 1. The van der Waals surface area contributed by atoms with Gasteiger partial charge in [-0.2, -0.15) is 0 Å². The van der Waals surface area contributed by atoms with Gasteiger partial charge in [0, 0.05) is 37.6 Å². The molecule has 2 unspecified atom stereocenters. The summed E-state index contributed by atoms with van der Waals surface area (Å²) in [4.78, 5) is 11.1. The number of hydrogen-bond acceptors (Lipinski definition) is 4. The Balaban J connectivity index is 1.90. The predicted molar refractivity (Wildman–Crippen MR) is 61.9 cm³/mol. The normalized spacial score (nSPS) is 29.5. The van der Waals surface area contributed by atoms with Crippen LogP contribution in [0.2, 0.25) is 0 Å². The molecule has 3 rings (SSSR count). The lowest BCUT2D eigenvalue weighted by atomic mass is 10.2. The van der Waals surface area contributed by atoms with Crippen molar-refractivity contribution in [2.45, 2.75) is 24.9 Å². The standard InChI is InChI=1S/C10H13BrN4/c11-7-3-13-10(14-4-7)15-8-1-2-9(15)6-12-5-8/h3-4,8-9,12H,1-2,5-6H2. The fourth-order valence-electron chi connectivity index (χ4n) is 2.54. The van der Waals surface area contributed by atoms with Crippen LogP contribution >= 0.6 is 15.9 Å². The smallest absolute Gasteiger partial charge is 0.225 e. The largest absolute Gasteiger partial charge is 0.332 e. The van der Waals surface area contributed by atoms with Gasteiger partial charge in [-0.05, 0) is 28.8 Å². The molecule has 1 aromatic heterocycles. The molecule has 2 bridgehead atoms. The molecule has 0 spiro atoms. The van der Waals surface area contributed by atoms with Crippen LogP contribution < -0.4 is 10.2 Å². The molecular formula is C10H13BrN4. The Morgan fingerprint density at radius 2 is 1.80 bits per heavy atom. The van der Waals surface area contributed by atoms with Gasteiger partial charge in [0.1, 0.15) is 0 Å². The highest BCUT2D eigenvalue weighted by Gasteiger charge is 2.37. The van der Waals surface area contributed by atoms with Gasteiger partial charge in [-0.1, -0.05) is 0 Å². The Morgan fingerprint density at radius 3 is 2.40 bits per heavy atom. The second-order valence-corrected chi connectivity index (χ2v) is 5.07. The number of rotatable bonds is 1. The molecule has 2 fully saturated rings. The van der Waals surface area contributed by atoms with Crippen LogP contribution in [0.4, 0.5) is 5.95 Å². The number of piperazine rings is 1. The van der Waals surface area contributed by atoms with Gasteiger partial charge >= 0.3 is 0 Å². The van der Waals surface area contributed by atoms with E-state index < -0.39 is 0 Å². The first-order chi connectivity index (χ1) is 7.34. The molecular weight excluding hydrogens is 256 g/mol. The van der Waals surface area contributed by atoms with Crippen molar-refractivity contribution in [1.29, 1.82) is 0 Å². The molecule has 2 aliphatic rings. The Kier molecular flexibility index (Phi) is 2.36. The van der Waals surface area contributed by atoms with E-state index in [1.807, 2.05) is 12.4 Å². The minimum absolute atomic E-state index is 0.588. The topological polar surface area (TPSA) is 41.1 Å². The number of nitrogens with one attached hydrogen (secondary N) is 1. The van der Waals surface area contributed by atoms with Crippen LogP contribution in [0.15, 0.2) is 16.9 Å². The number of halogens is 1. The minimum atomic E-state index is 0.588. The maximum absolute atomic E-state index is 4.38. The van der Waals surface area contributed by atoms with Crippen LogP contribution in [0, 0.1) is 0 Å². The summed E-state index contributed by atoms with van der Waals surface area (Å²) in [6, 6.07) is 1.18. The number of fused-ring (bicyclic) bond motifs is 2. The van der Waals surface area contributed by atoms with E-state index in [1.54, 1.807) is 0 Å². The molecule has 1 aromatic rings. The quantitative estimate of drug-likeness (QED) is 0.831. The third kappa shape index (κ3) is 1.63. The number of nitrogens with zero attached hydrogens (tertiary/aromatic N) is 3. The highest BCUT2D eigenvalue weighted by Crippen LogP contribution is 2.29. The molecule has 2 aliphatic heterocycles. The van der Waals surface area contributed by atoms with Crippen LogP contribution in [0.3, 0.4) is 0 Å². The van der Waals surface area contributed by atoms with E-state index in [2.05, 4.69) is 36.1 Å². The zero-order valence-corrected chi connectivity index (χ0v) is 9.94. The van der Waals surface area contributed by atoms with Gasteiger partial charge in [0.15, 0.2) is 0 Å². The van der Waals surface area contributed by atoms with E-state index in [1.165, 1.54) is 12.8 Å². The van der Waals surface area contributed by atoms with E-state index in [4.69, 9.17) is 0 Å². The average molecular weight is 269 g/mol. The SMILES string of the molecule is Brc1cnc(N2C3CCC2CNC3)nc1. The first kappa shape index (κ1) is 9.54. The van der Waals surface area contributed by atoms with Crippen molar-refractivity contribution in [2.24, 2.45) is 0 Å². The molecule has 3 heterocycles. The highest BCUT2D eigenvalue weighted by atomic mass is 79.9. The monoisotopic (exact) mass is 268 g/mol. The van der Waals surface area contributed by atoms with E-state index in [-0.39, 0.29) is 0 Å². The van der Waals surface area contributed by atoms with E-state index >= 15 is 0 Å². The summed E-state index contributed by atoms with van der Waals surface area (Å²) < 4.78 is 0.939. The lowest BCUT2D eigenvalue weighted by Gasteiger charge is -2.35. The van der Waals surface area contributed by atoms with Gasteiger partial charge < -0.3 is 10.2 Å². The van der Waals surface area contributed by atoms with Crippen LogP contribution in [0.25, 0.3) is 0 Å². The molecule has 80 valence electrons. The Hall–Kier alpha value is -0.680. The summed E-state index contributed by atoms with van der Waals surface area (Å²) in [6.45, 7) is 2.13. The molecule has 2 atom stereocenters. The summed E-state index contributed by atoms with van der Waals surface area (Å²) in [5.74, 6) is 0.882. The molecule has 0 aliphatic carbocycles. The molecule has 0 amide bonds. The molecule has 0 radical (unpaired) electrons. The van der Waals surface area contributed by atoms with Crippen molar-refractivity contribution in [2.75, 3.05) is 18.0 Å². The summed E-state index contributed by atoms with van der Waals surface area (Å²) in [7, 11) is 0. The van der Waals surface area contributed by atoms with E-state index in [0.717, 1.165) is 23.5 Å². The van der Waals surface area contributed by atoms with Gasteiger partial charge in [-0.3, -0.25) is 0 Å². The summed E-state index contributed by atoms with van der Waals surface area (Å²) in [5, 5.41) is 3.45. The van der Waals surface area contributed by atoms with Gasteiger partial charge in [-0.15, -0.1) is 0 Å². The fourth-order valence-corrected chi connectivity index (χ4v) is 2.75. The van der Waals surface area contributed by atoms with Gasteiger partial charge in [0.2, 0.25) is 5.95 Å². The van der Waals surface area contributed by atoms with Crippen molar-refractivity contribution in [1.82, 2.24) is 15.3 Å². The second-order valence-electron chi connectivity index (χ2n) is 4.15. The van der Waals surface area contributed by atoms with Crippen molar-refractivity contribution in [3.8, 4) is 0 Å². The molecule has 0 saturated carbocycles. The summed E-state index contributed by atoms with van der Waals surface area (Å²) >= 11 is 3.36. The number of hydrogen-bond donors (Lipinski definition) is 1. The molecule has 4 nitrogen and oxygen atoms in total. The fraction of sp³-hybridized carbons (Fsp3) is 0.600. The van der Waals surface area contributed by atoms with E-state index in [0.29, 0.717) is 12.1 Å². The Morgan fingerprint density at radius 1 is 1.20 bits per heavy atom. The lowest BCUT2D eigenvalue weighted by Crippen LogP contribution is -2.52.